The first kappa shape index (κ1) is 14.9. The Morgan fingerprint density at radius 3 is 3.10 bits per heavy atom. The fourth-order valence-corrected chi connectivity index (χ4v) is 4.78. The molecule has 0 spiro atoms. The van der Waals surface area contributed by atoms with Crippen LogP contribution in [0.4, 0.5) is 0 Å². The van der Waals surface area contributed by atoms with Crippen molar-refractivity contribution in [1.29, 1.82) is 0 Å². The smallest absolute Gasteiger partial charge is 0.245 e. The highest BCUT2D eigenvalue weighted by atomic mass is 32.2. The van der Waals surface area contributed by atoms with E-state index in [2.05, 4.69) is 4.98 Å². The number of nitrogens with zero attached hydrogens (tertiary/aromatic N) is 2. The van der Waals surface area contributed by atoms with Gasteiger partial charge in [-0.3, -0.25) is 4.98 Å². The van der Waals surface area contributed by atoms with Gasteiger partial charge in [0.1, 0.15) is 11.0 Å². The molecule has 7 heteroatoms. The summed E-state index contributed by atoms with van der Waals surface area (Å²) in [4.78, 5) is 4.14. The van der Waals surface area contributed by atoms with Gasteiger partial charge in [0, 0.05) is 32.2 Å². The van der Waals surface area contributed by atoms with Crippen LogP contribution in [0.5, 0.6) is 0 Å². The second kappa shape index (κ2) is 6.00. The Kier molecular flexibility index (Phi) is 4.26. The van der Waals surface area contributed by atoms with Gasteiger partial charge in [0.15, 0.2) is 0 Å². The summed E-state index contributed by atoms with van der Waals surface area (Å²) < 4.78 is 38.6. The highest BCUT2D eigenvalue weighted by molar-refractivity contribution is 7.89. The van der Waals surface area contributed by atoms with E-state index in [0.29, 0.717) is 19.8 Å². The van der Waals surface area contributed by atoms with Crippen LogP contribution in [-0.2, 0) is 19.5 Å². The fourth-order valence-electron chi connectivity index (χ4n) is 3.14. The minimum absolute atomic E-state index is 0.138. The van der Waals surface area contributed by atoms with E-state index in [1.807, 2.05) is 6.92 Å². The Morgan fingerprint density at radius 1 is 1.52 bits per heavy atom. The van der Waals surface area contributed by atoms with E-state index >= 15 is 0 Å². The molecule has 0 amide bonds. The van der Waals surface area contributed by atoms with Crippen LogP contribution in [0, 0.1) is 0 Å². The lowest BCUT2D eigenvalue weighted by molar-refractivity contribution is -0.0727. The number of fused-ring (bicyclic) bond motifs is 1. The summed E-state index contributed by atoms with van der Waals surface area (Å²) in [6, 6.07) is 3.08. The molecule has 0 bridgehead atoms. The van der Waals surface area contributed by atoms with E-state index < -0.39 is 10.0 Å². The summed E-state index contributed by atoms with van der Waals surface area (Å²) in [5.74, 6) is 0. The highest BCUT2D eigenvalue weighted by Crippen LogP contribution is 2.34. The summed E-state index contributed by atoms with van der Waals surface area (Å²) in [6.07, 6.45) is 4.30. The van der Waals surface area contributed by atoms with Crippen molar-refractivity contribution in [2.24, 2.45) is 0 Å². The molecule has 0 N–H and O–H groups in total. The first-order valence-corrected chi connectivity index (χ1v) is 8.73. The van der Waals surface area contributed by atoms with E-state index in [1.165, 1.54) is 10.5 Å². The standard InChI is InChI=1S/C14H20N2O4S/c1-2-19-13-10-16(12-6-4-8-20-14(12)13)21(17,18)11-5-3-7-15-9-11/h3,5,7,9,12-14H,2,4,6,8,10H2,1H3/t12-,13+,14+/m1/s1. The molecule has 2 fully saturated rings. The van der Waals surface area contributed by atoms with Gasteiger partial charge in [0.25, 0.3) is 0 Å². The summed E-state index contributed by atoms with van der Waals surface area (Å²) in [5, 5.41) is 0. The summed E-state index contributed by atoms with van der Waals surface area (Å²) in [5.41, 5.74) is 0. The number of rotatable bonds is 4. The molecule has 3 atom stereocenters. The molecular formula is C14H20N2O4S. The third-order valence-electron chi connectivity index (χ3n) is 4.05. The van der Waals surface area contributed by atoms with Crippen LogP contribution in [0.2, 0.25) is 0 Å². The van der Waals surface area contributed by atoms with Crippen LogP contribution >= 0.6 is 0 Å². The molecule has 1 aromatic heterocycles. The van der Waals surface area contributed by atoms with Crippen LogP contribution in [0.3, 0.4) is 0 Å². The predicted molar refractivity (Wildman–Crippen MR) is 76.3 cm³/mol. The highest BCUT2D eigenvalue weighted by Gasteiger charge is 2.49. The second-order valence-corrected chi connectivity index (χ2v) is 7.19. The quantitative estimate of drug-likeness (QED) is 0.831. The van der Waals surface area contributed by atoms with Gasteiger partial charge in [-0.1, -0.05) is 0 Å². The average molecular weight is 312 g/mol. The SMILES string of the molecule is CCO[C@H]1CN(S(=O)(=O)c2cccnc2)[C@@H]2CCCO[C@H]12. The Morgan fingerprint density at radius 2 is 2.38 bits per heavy atom. The van der Waals surface area contributed by atoms with E-state index in [-0.39, 0.29) is 23.1 Å². The zero-order valence-corrected chi connectivity index (χ0v) is 12.8. The molecule has 0 aliphatic carbocycles. The maximum Gasteiger partial charge on any atom is 0.245 e. The number of sulfonamides is 1. The van der Waals surface area contributed by atoms with Gasteiger partial charge in [-0.05, 0) is 31.9 Å². The molecule has 2 aliphatic rings. The molecule has 2 aliphatic heterocycles. The van der Waals surface area contributed by atoms with E-state index in [9.17, 15) is 8.42 Å². The van der Waals surface area contributed by atoms with Crippen molar-refractivity contribution in [3.05, 3.63) is 24.5 Å². The zero-order valence-electron chi connectivity index (χ0n) is 12.0. The maximum atomic E-state index is 12.8. The van der Waals surface area contributed by atoms with Gasteiger partial charge in [-0.25, -0.2) is 8.42 Å². The predicted octanol–water partition coefficient (Wildman–Crippen LogP) is 1.04. The lowest BCUT2D eigenvalue weighted by atomic mass is 10.0. The molecule has 2 saturated heterocycles. The van der Waals surface area contributed by atoms with Crippen LogP contribution < -0.4 is 0 Å². The number of ether oxygens (including phenoxy) is 2. The monoisotopic (exact) mass is 312 g/mol. The molecule has 116 valence electrons. The van der Waals surface area contributed by atoms with Crippen molar-refractivity contribution in [2.45, 2.75) is 42.9 Å². The van der Waals surface area contributed by atoms with E-state index in [0.717, 1.165) is 12.8 Å². The first-order chi connectivity index (χ1) is 10.1. The molecule has 0 radical (unpaired) electrons. The minimum Gasteiger partial charge on any atom is -0.374 e. The molecule has 1 aromatic rings. The topological polar surface area (TPSA) is 68.7 Å². The van der Waals surface area contributed by atoms with Crippen molar-refractivity contribution in [3.63, 3.8) is 0 Å². The van der Waals surface area contributed by atoms with Crippen molar-refractivity contribution in [1.82, 2.24) is 9.29 Å². The number of pyridine rings is 1. The lowest BCUT2D eigenvalue weighted by Gasteiger charge is -2.31. The molecule has 0 aromatic carbocycles. The van der Waals surface area contributed by atoms with Crippen LogP contribution in [0.15, 0.2) is 29.4 Å². The first-order valence-electron chi connectivity index (χ1n) is 7.29. The summed E-state index contributed by atoms with van der Waals surface area (Å²) in [6.45, 7) is 3.49. The fraction of sp³-hybridized carbons (Fsp3) is 0.643. The molecule has 3 rings (SSSR count). The Bertz CT molecular complexity index is 578. The average Bonchev–Trinajstić information content (AvgIpc) is 2.88. The molecule has 21 heavy (non-hydrogen) atoms. The van der Waals surface area contributed by atoms with Crippen molar-refractivity contribution in [3.8, 4) is 0 Å². The van der Waals surface area contributed by atoms with Gasteiger partial charge < -0.3 is 9.47 Å². The van der Waals surface area contributed by atoms with Gasteiger partial charge in [-0.15, -0.1) is 0 Å². The summed E-state index contributed by atoms with van der Waals surface area (Å²) in [7, 11) is -3.55. The normalized spacial score (nSPS) is 30.2. The van der Waals surface area contributed by atoms with Crippen molar-refractivity contribution >= 4 is 10.0 Å². The number of aromatic nitrogens is 1. The zero-order chi connectivity index (χ0) is 14.9. The van der Waals surface area contributed by atoms with Crippen LogP contribution in [-0.4, -0.2) is 55.7 Å². The third-order valence-corrected chi connectivity index (χ3v) is 5.93. The van der Waals surface area contributed by atoms with Gasteiger partial charge in [-0.2, -0.15) is 4.31 Å². The molecule has 6 nitrogen and oxygen atoms in total. The molecule has 0 saturated carbocycles. The number of hydrogen-bond donors (Lipinski definition) is 0. The maximum absolute atomic E-state index is 12.8. The lowest BCUT2D eigenvalue weighted by Crippen LogP contribution is -2.43. The van der Waals surface area contributed by atoms with Crippen molar-refractivity contribution < 1.29 is 17.9 Å². The van der Waals surface area contributed by atoms with Gasteiger partial charge >= 0.3 is 0 Å². The van der Waals surface area contributed by atoms with Gasteiger partial charge in [0.2, 0.25) is 10.0 Å². The second-order valence-electron chi connectivity index (χ2n) is 5.30. The third kappa shape index (κ3) is 2.70. The minimum atomic E-state index is -3.55. The van der Waals surface area contributed by atoms with Crippen LogP contribution in [0.1, 0.15) is 19.8 Å². The number of hydrogen-bond acceptors (Lipinski definition) is 5. The van der Waals surface area contributed by atoms with Crippen LogP contribution in [0.25, 0.3) is 0 Å². The van der Waals surface area contributed by atoms with E-state index in [4.69, 9.17) is 9.47 Å². The summed E-state index contributed by atoms with van der Waals surface area (Å²) >= 11 is 0. The van der Waals surface area contributed by atoms with E-state index in [1.54, 1.807) is 18.3 Å². The molecule has 3 heterocycles. The Labute approximate surface area is 125 Å². The van der Waals surface area contributed by atoms with Gasteiger partial charge in [0.05, 0.1) is 12.1 Å². The Balaban J connectivity index is 1.91. The largest absolute Gasteiger partial charge is 0.374 e. The Hall–Kier alpha value is -1.02. The van der Waals surface area contributed by atoms with Crippen molar-refractivity contribution in [2.75, 3.05) is 19.8 Å². The molecular weight excluding hydrogens is 292 g/mol. The molecule has 0 unspecified atom stereocenters.